The predicted molar refractivity (Wildman–Crippen MR) is 43.4 cm³/mol. The maximum Gasteiger partial charge on any atom is 0.166 e. The molecule has 64 valence electrons. The molecule has 1 heterocycles. The molecule has 0 N–H and O–H groups in total. The molecule has 1 atom stereocenters. The van der Waals surface area contributed by atoms with Crippen molar-refractivity contribution in [3.63, 3.8) is 0 Å². The van der Waals surface area contributed by atoms with Crippen LogP contribution in [0.25, 0.3) is 0 Å². The molecule has 2 heteroatoms. The third-order valence-corrected chi connectivity index (χ3v) is 2.12. The molecule has 0 unspecified atom stereocenters. The van der Waals surface area contributed by atoms with E-state index in [0.29, 0.717) is 18.9 Å². The standard InChI is InChI=1S/C9H16O2/c1-7(2)4-5-8(10)9(3)6-11-9/h7H,4-6H2,1-3H3/t9-/m1/s1. The largest absolute Gasteiger partial charge is 0.362 e. The summed E-state index contributed by atoms with van der Waals surface area (Å²) >= 11 is 0. The lowest BCUT2D eigenvalue weighted by atomic mass is 9.99. The summed E-state index contributed by atoms with van der Waals surface area (Å²) in [6.07, 6.45) is 1.66. The Bertz CT molecular complexity index is 157. The third-order valence-electron chi connectivity index (χ3n) is 2.12. The highest BCUT2D eigenvalue weighted by Crippen LogP contribution is 2.29. The summed E-state index contributed by atoms with van der Waals surface area (Å²) in [7, 11) is 0. The van der Waals surface area contributed by atoms with Gasteiger partial charge in [-0.05, 0) is 19.3 Å². The Kier molecular flexibility index (Phi) is 2.33. The predicted octanol–water partition coefficient (Wildman–Crippen LogP) is 1.78. The van der Waals surface area contributed by atoms with E-state index in [1.807, 2.05) is 6.92 Å². The maximum absolute atomic E-state index is 11.3. The van der Waals surface area contributed by atoms with E-state index in [9.17, 15) is 4.79 Å². The van der Waals surface area contributed by atoms with Gasteiger partial charge < -0.3 is 4.74 Å². The number of rotatable bonds is 4. The first kappa shape index (κ1) is 8.72. The molecule has 1 rings (SSSR count). The first-order valence-electron chi connectivity index (χ1n) is 4.22. The molecular weight excluding hydrogens is 140 g/mol. The lowest BCUT2D eigenvalue weighted by Crippen LogP contribution is -2.20. The van der Waals surface area contributed by atoms with Gasteiger partial charge in [-0.1, -0.05) is 13.8 Å². The molecule has 0 aromatic heterocycles. The molecule has 0 bridgehead atoms. The molecule has 1 aliphatic heterocycles. The van der Waals surface area contributed by atoms with Crippen LogP contribution in [0.2, 0.25) is 0 Å². The van der Waals surface area contributed by atoms with Crippen LogP contribution in [0.15, 0.2) is 0 Å². The topological polar surface area (TPSA) is 29.6 Å². The van der Waals surface area contributed by atoms with E-state index in [1.54, 1.807) is 0 Å². The Morgan fingerprint density at radius 2 is 2.18 bits per heavy atom. The van der Waals surface area contributed by atoms with Gasteiger partial charge in [0.05, 0.1) is 6.61 Å². The van der Waals surface area contributed by atoms with Crippen molar-refractivity contribution >= 4 is 5.78 Å². The van der Waals surface area contributed by atoms with Crippen molar-refractivity contribution in [1.29, 1.82) is 0 Å². The number of carbonyl (C=O) groups is 1. The van der Waals surface area contributed by atoms with Crippen LogP contribution in [0, 0.1) is 5.92 Å². The van der Waals surface area contributed by atoms with Crippen LogP contribution in [0.5, 0.6) is 0 Å². The molecular formula is C9H16O2. The molecule has 0 aliphatic carbocycles. The molecule has 0 radical (unpaired) electrons. The summed E-state index contributed by atoms with van der Waals surface area (Å²) < 4.78 is 5.04. The summed E-state index contributed by atoms with van der Waals surface area (Å²) in [4.78, 5) is 11.3. The van der Waals surface area contributed by atoms with Gasteiger partial charge in [0.25, 0.3) is 0 Å². The van der Waals surface area contributed by atoms with E-state index in [4.69, 9.17) is 4.74 Å². The van der Waals surface area contributed by atoms with Gasteiger partial charge in [0.1, 0.15) is 5.60 Å². The second-order valence-electron chi connectivity index (χ2n) is 3.88. The molecule has 0 aromatic carbocycles. The zero-order valence-electron chi connectivity index (χ0n) is 7.52. The second kappa shape index (κ2) is 2.94. The van der Waals surface area contributed by atoms with Gasteiger partial charge in [0.2, 0.25) is 0 Å². The zero-order valence-corrected chi connectivity index (χ0v) is 7.52. The van der Waals surface area contributed by atoms with E-state index in [-0.39, 0.29) is 5.78 Å². The Morgan fingerprint density at radius 1 is 1.64 bits per heavy atom. The smallest absolute Gasteiger partial charge is 0.166 e. The van der Waals surface area contributed by atoms with Crippen molar-refractivity contribution in [3.8, 4) is 0 Å². The third kappa shape index (κ3) is 2.29. The van der Waals surface area contributed by atoms with E-state index >= 15 is 0 Å². The average molecular weight is 156 g/mol. The Labute approximate surface area is 67.9 Å². The van der Waals surface area contributed by atoms with Crippen molar-refractivity contribution in [2.75, 3.05) is 6.61 Å². The molecule has 0 amide bonds. The zero-order chi connectivity index (χ0) is 8.48. The summed E-state index contributed by atoms with van der Waals surface area (Å²) in [6.45, 7) is 6.76. The van der Waals surface area contributed by atoms with Gasteiger partial charge in [-0.3, -0.25) is 4.79 Å². The minimum atomic E-state index is -0.394. The van der Waals surface area contributed by atoms with Gasteiger partial charge in [0, 0.05) is 6.42 Å². The van der Waals surface area contributed by atoms with Crippen LogP contribution < -0.4 is 0 Å². The first-order chi connectivity index (χ1) is 5.04. The number of ketones is 1. The lowest BCUT2D eigenvalue weighted by molar-refractivity contribution is -0.123. The Hall–Kier alpha value is -0.370. The summed E-state index contributed by atoms with van der Waals surface area (Å²) in [5.74, 6) is 0.882. The van der Waals surface area contributed by atoms with Gasteiger partial charge in [-0.25, -0.2) is 0 Å². The number of epoxide rings is 1. The highest BCUT2D eigenvalue weighted by atomic mass is 16.6. The van der Waals surface area contributed by atoms with Gasteiger partial charge in [0.15, 0.2) is 5.78 Å². The molecule has 0 spiro atoms. The lowest BCUT2D eigenvalue weighted by Gasteiger charge is -2.05. The summed E-state index contributed by atoms with van der Waals surface area (Å²) in [5.41, 5.74) is -0.394. The van der Waals surface area contributed by atoms with Gasteiger partial charge in [-0.15, -0.1) is 0 Å². The van der Waals surface area contributed by atoms with E-state index < -0.39 is 5.60 Å². The molecule has 1 aliphatic rings. The van der Waals surface area contributed by atoms with Crippen molar-refractivity contribution < 1.29 is 9.53 Å². The van der Waals surface area contributed by atoms with Crippen molar-refractivity contribution in [2.24, 2.45) is 5.92 Å². The molecule has 11 heavy (non-hydrogen) atoms. The van der Waals surface area contributed by atoms with Crippen LogP contribution >= 0.6 is 0 Å². The average Bonchev–Trinajstić information content (AvgIpc) is 2.64. The fraction of sp³-hybridized carbons (Fsp3) is 0.889. The fourth-order valence-corrected chi connectivity index (χ4v) is 0.953. The summed E-state index contributed by atoms with van der Waals surface area (Å²) in [6, 6.07) is 0. The van der Waals surface area contributed by atoms with Gasteiger partial charge in [-0.2, -0.15) is 0 Å². The van der Waals surface area contributed by atoms with Crippen molar-refractivity contribution in [2.45, 2.75) is 39.2 Å². The quantitative estimate of drug-likeness (QED) is 0.581. The number of Topliss-reactive ketones (excluding diaryl/α,β-unsaturated/α-hetero) is 1. The van der Waals surface area contributed by atoms with E-state index in [0.717, 1.165) is 6.42 Å². The first-order valence-corrected chi connectivity index (χ1v) is 4.22. The van der Waals surface area contributed by atoms with Crippen LogP contribution in [-0.4, -0.2) is 18.0 Å². The SMILES string of the molecule is CC(C)CCC(=O)[C@@]1(C)CO1. The Balaban J connectivity index is 2.22. The molecule has 0 saturated carbocycles. The monoisotopic (exact) mass is 156 g/mol. The van der Waals surface area contributed by atoms with Crippen LogP contribution in [-0.2, 0) is 9.53 Å². The second-order valence-corrected chi connectivity index (χ2v) is 3.88. The van der Waals surface area contributed by atoms with Crippen LogP contribution in [0.3, 0.4) is 0 Å². The highest BCUT2D eigenvalue weighted by Gasteiger charge is 2.45. The summed E-state index contributed by atoms with van der Waals surface area (Å²) in [5, 5.41) is 0. The highest BCUT2D eigenvalue weighted by molar-refractivity contribution is 5.89. The number of ether oxygens (including phenoxy) is 1. The van der Waals surface area contributed by atoms with E-state index in [2.05, 4.69) is 13.8 Å². The molecule has 2 nitrogen and oxygen atoms in total. The fourth-order valence-electron chi connectivity index (χ4n) is 0.953. The number of hydrogen-bond donors (Lipinski definition) is 0. The molecule has 1 fully saturated rings. The minimum absolute atomic E-state index is 0.270. The number of carbonyl (C=O) groups excluding carboxylic acids is 1. The normalized spacial score (nSPS) is 29.1. The maximum atomic E-state index is 11.3. The molecule has 1 saturated heterocycles. The minimum Gasteiger partial charge on any atom is -0.362 e. The van der Waals surface area contributed by atoms with E-state index in [1.165, 1.54) is 0 Å². The molecule has 0 aromatic rings. The van der Waals surface area contributed by atoms with Crippen molar-refractivity contribution in [1.82, 2.24) is 0 Å². The number of hydrogen-bond acceptors (Lipinski definition) is 2. The van der Waals surface area contributed by atoms with Gasteiger partial charge >= 0.3 is 0 Å². The van der Waals surface area contributed by atoms with Crippen LogP contribution in [0.4, 0.5) is 0 Å². The van der Waals surface area contributed by atoms with Crippen LogP contribution in [0.1, 0.15) is 33.6 Å². The Morgan fingerprint density at radius 3 is 2.55 bits per heavy atom. The van der Waals surface area contributed by atoms with Crippen molar-refractivity contribution in [3.05, 3.63) is 0 Å².